The van der Waals surface area contributed by atoms with Gasteiger partial charge in [-0.05, 0) is 76.6 Å². The van der Waals surface area contributed by atoms with Crippen LogP contribution in [0.25, 0.3) is 0 Å². The maximum absolute atomic E-state index is 13.9. The molecule has 1 saturated carbocycles. The molecule has 8 nitrogen and oxygen atoms in total. The van der Waals surface area contributed by atoms with Crippen LogP contribution in [0.3, 0.4) is 0 Å². The highest BCUT2D eigenvalue weighted by Crippen LogP contribution is 2.37. The first-order chi connectivity index (χ1) is 16.9. The number of aryl methyl sites for hydroxylation is 3. The molecule has 0 bridgehead atoms. The SMILES string of the molecule is Cc1ccccc1C(C(=O)Nc1c(C)cccc1C)N(C(=O)C(CO)NC(=O)OC(C)(C)C)C1CC1. The minimum absolute atomic E-state index is 0.180. The molecule has 1 aliphatic rings. The van der Waals surface area contributed by atoms with Gasteiger partial charge in [0.15, 0.2) is 0 Å². The van der Waals surface area contributed by atoms with Crippen molar-refractivity contribution in [1.82, 2.24) is 10.2 Å². The van der Waals surface area contributed by atoms with Crippen molar-refractivity contribution in [3.8, 4) is 0 Å². The summed E-state index contributed by atoms with van der Waals surface area (Å²) in [7, 11) is 0. The monoisotopic (exact) mass is 495 g/mol. The van der Waals surface area contributed by atoms with Crippen molar-refractivity contribution in [2.24, 2.45) is 0 Å². The third-order valence-electron chi connectivity index (χ3n) is 6.11. The topological polar surface area (TPSA) is 108 Å². The lowest BCUT2D eigenvalue weighted by Crippen LogP contribution is -2.54. The molecule has 0 spiro atoms. The number of nitrogens with zero attached hydrogens (tertiary/aromatic N) is 1. The van der Waals surface area contributed by atoms with Crippen molar-refractivity contribution in [3.05, 3.63) is 64.7 Å². The number of aliphatic hydroxyl groups excluding tert-OH is 1. The van der Waals surface area contributed by atoms with E-state index in [-0.39, 0.29) is 11.9 Å². The molecule has 0 aliphatic heterocycles. The smallest absolute Gasteiger partial charge is 0.408 e. The molecule has 3 amide bonds. The van der Waals surface area contributed by atoms with E-state index in [0.717, 1.165) is 29.5 Å². The molecule has 1 fully saturated rings. The number of hydrogen-bond donors (Lipinski definition) is 3. The van der Waals surface area contributed by atoms with Crippen LogP contribution in [0.5, 0.6) is 0 Å². The number of aliphatic hydroxyl groups is 1. The molecule has 36 heavy (non-hydrogen) atoms. The lowest BCUT2D eigenvalue weighted by Gasteiger charge is -2.35. The first-order valence-electron chi connectivity index (χ1n) is 12.3. The molecule has 2 aromatic rings. The summed E-state index contributed by atoms with van der Waals surface area (Å²) < 4.78 is 5.28. The summed E-state index contributed by atoms with van der Waals surface area (Å²) in [6.45, 7) is 10.2. The Bertz CT molecular complexity index is 1100. The summed E-state index contributed by atoms with van der Waals surface area (Å²) in [6, 6.07) is 10.8. The minimum Gasteiger partial charge on any atom is -0.444 e. The van der Waals surface area contributed by atoms with Gasteiger partial charge in [0.25, 0.3) is 5.91 Å². The van der Waals surface area contributed by atoms with Crippen LogP contribution in [0.15, 0.2) is 42.5 Å². The largest absolute Gasteiger partial charge is 0.444 e. The molecule has 0 radical (unpaired) electrons. The van der Waals surface area contributed by atoms with Crippen molar-refractivity contribution in [2.75, 3.05) is 11.9 Å². The Kier molecular flexibility index (Phi) is 8.40. The van der Waals surface area contributed by atoms with E-state index in [1.165, 1.54) is 4.90 Å². The summed E-state index contributed by atoms with van der Waals surface area (Å²) in [6.07, 6.45) is 0.656. The lowest BCUT2D eigenvalue weighted by atomic mass is 9.97. The third kappa shape index (κ3) is 6.63. The van der Waals surface area contributed by atoms with E-state index in [9.17, 15) is 19.5 Å². The zero-order valence-corrected chi connectivity index (χ0v) is 21.9. The van der Waals surface area contributed by atoms with Crippen molar-refractivity contribution in [3.63, 3.8) is 0 Å². The Balaban J connectivity index is 1.99. The molecule has 2 unspecified atom stereocenters. The average Bonchev–Trinajstić information content (AvgIpc) is 3.62. The average molecular weight is 496 g/mol. The number of rotatable bonds is 8. The first-order valence-corrected chi connectivity index (χ1v) is 12.3. The number of amides is 3. The second kappa shape index (κ2) is 11.1. The fourth-order valence-corrected chi connectivity index (χ4v) is 4.20. The van der Waals surface area contributed by atoms with Gasteiger partial charge in [0, 0.05) is 11.7 Å². The molecule has 0 saturated heterocycles. The third-order valence-corrected chi connectivity index (χ3v) is 6.11. The van der Waals surface area contributed by atoms with Gasteiger partial charge in [-0.3, -0.25) is 9.59 Å². The van der Waals surface area contributed by atoms with E-state index in [1.807, 2.05) is 63.2 Å². The van der Waals surface area contributed by atoms with E-state index in [1.54, 1.807) is 20.8 Å². The molecule has 194 valence electrons. The van der Waals surface area contributed by atoms with Crippen LogP contribution in [0.4, 0.5) is 10.5 Å². The molecule has 1 aliphatic carbocycles. The van der Waals surface area contributed by atoms with E-state index in [2.05, 4.69) is 10.6 Å². The Labute approximate surface area is 213 Å². The minimum atomic E-state index is -1.25. The number of ether oxygens (including phenoxy) is 1. The number of anilines is 1. The maximum atomic E-state index is 13.9. The van der Waals surface area contributed by atoms with Gasteiger partial charge in [-0.25, -0.2) is 4.79 Å². The molecule has 8 heteroatoms. The normalized spacial score (nSPS) is 15.0. The second-order valence-electron chi connectivity index (χ2n) is 10.4. The number of hydrogen-bond acceptors (Lipinski definition) is 5. The van der Waals surface area contributed by atoms with Crippen LogP contribution in [0, 0.1) is 20.8 Å². The zero-order valence-electron chi connectivity index (χ0n) is 21.9. The van der Waals surface area contributed by atoms with Crippen LogP contribution >= 0.6 is 0 Å². The summed E-state index contributed by atoms with van der Waals surface area (Å²) in [5.74, 6) is -0.883. The standard InChI is InChI=1S/C28H37N3O5/c1-17-10-7-8-13-21(17)24(25(33)30-23-18(2)11-9-12-19(23)3)31(20-14-15-20)26(34)22(16-32)29-27(35)36-28(4,5)6/h7-13,20,22,24,32H,14-16H2,1-6H3,(H,29,35)(H,30,33). The number of carbonyl (C=O) groups excluding carboxylic acids is 3. The van der Waals surface area contributed by atoms with E-state index in [0.29, 0.717) is 11.3 Å². The predicted octanol–water partition coefficient (Wildman–Crippen LogP) is 4.17. The number of para-hydroxylation sites is 1. The van der Waals surface area contributed by atoms with Crippen molar-refractivity contribution >= 4 is 23.6 Å². The highest BCUT2D eigenvalue weighted by molar-refractivity contribution is 6.00. The van der Waals surface area contributed by atoms with E-state index < -0.39 is 36.3 Å². The molecule has 2 aromatic carbocycles. The van der Waals surface area contributed by atoms with Crippen LogP contribution in [-0.2, 0) is 14.3 Å². The number of carbonyl (C=O) groups is 3. The van der Waals surface area contributed by atoms with Gasteiger partial charge in [0.05, 0.1) is 6.61 Å². The van der Waals surface area contributed by atoms with Gasteiger partial charge >= 0.3 is 6.09 Å². The van der Waals surface area contributed by atoms with Crippen molar-refractivity contribution in [1.29, 1.82) is 0 Å². The maximum Gasteiger partial charge on any atom is 0.408 e. The molecular weight excluding hydrogens is 458 g/mol. The Morgan fingerprint density at radius 1 is 1.00 bits per heavy atom. The Morgan fingerprint density at radius 2 is 1.58 bits per heavy atom. The van der Waals surface area contributed by atoms with Crippen molar-refractivity contribution < 1.29 is 24.2 Å². The summed E-state index contributed by atoms with van der Waals surface area (Å²) in [5.41, 5.74) is 3.31. The molecular formula is C28H37N3O5. The summed E-state index contributed by atoms with van der Waals surface area (Å²) in [5, 5.41) is 15.6. The van der Waals surface area contributed by atoms with Crippen LogP contribution < -0.4 is 10.6 Å². The predicted molar refractivity (Wildman–Crippen MR) is 139 cm³/mol. The van der Waals surface area contributed by atoms with E-state index >= 15 is 0 Å². The number of alkyl carbamates (subject to hydrolysis) is 1. The van der Waals surface area contributed by atoms with Gasteiger partial charge in [0.1, 0.15) is 17.7 Å². The molecule has 0 heterocycles. The van der Waals surface area contributed by atoms with Gasteiger partial charge in [0.2, 0.25) is 5.91 Å². The molecule has 0 aromatic heterocycles. The Hall–Kier alpha value is -3.39. The molecule has 3 rings (SSSR count). The van der Waals surface area contributed by atoms with Gasteiger partial charge in [-0.2, -0.15) is 0 Å². The van der Waals surface area contributed by atoms with Gasteiger partial charge < -0.3 is 25.4 Å². The van der Waals surface area contributed by atoms with Crippen LogP contribution in [0.2, 0.25) is 0 Å². The van der Waals surface area contributed by atoms with Gasteiger partial charge in [-0.1, -0.05) is 42.5 Å². The van der Waals surface area contributed by atoms with Crippen LogP contribution in [-0.4, -0.2) is 52.2 Å². The molecule has 3 N–H and O–H groups in total. The highest BCUT2D eigenvalue weighted by Gasteiger charge is 2.44. The summed E-state index contributed by atoms with van der Waals surface area (Å²) in [4.78, 5) is 41.6. The first kappa shape index (κ1) is 27.2. The van der Waals surface area contributed by atoms with Crippen LogP contribution in [0.1, 0.15) is 61.9 Å². The van der Waals surface area contributed by atoms with Crippen molar-refractivity contribution in [2.45, 2.75) is 78.1 Å². The second-order valence-corrected chi connectivity index (χ2v) is 10.4. The number of nitrogens with one attached hydrogen (secondary N) is 2. The zero-order chi connectivity index (χ0) is 26.6. The fourth-order valence-electron chi connectivity index (χ4n) is 4.20. The summed E-state index contributed by atoms with van der Waals surface area (Å²) >= 11 is 0. The van der Waals surface area contributed by atoms with Gasteiger partial charge in [-0.15, -0.1) is 0 Å². The Morgan fingerprint density at radius 3 is 2.11 bits per heavy atom. The fraction of sp³-hybridized carbons (Fsp3) is 0.464. The quantitative estimate of drug-likeness (QED) is 0.510. The lowest BCUT2D eigenvalue weighted by molar-refractivity contribution is -0.142. The van der Waals surface area contributed by atoms with E-state index in [4.69, 9.17) is 4.74 Å². The highest BCUT2D eigenvalue weighted by atomic mass is 16.6. The number of benzene rings is 2. The molecule has 2 atom stereocenters.